The van der Waals surface area contributed by atoms with Crippen LogP contribution in [0.4, 0.5) is 0 Å². The molecule has 2 aromatic carbocycles. The lowest BCUT2D eigenvalue weighted by molar-refractivity contribution is -0.114. The molecule has 6 nitrogen and oxygen atoms in total. The highest BCUT2D eigenvalue weighted by Gasteiger charge is 2.23. The van der Waals surface area contributed by atoms with Crippen LogP contribution in [0.15, 0.2) is 60.7 Å². The van der Waals surface area contributed by atoms with E-state index in [2.05, 4.69) is 9.97 Å². The number of carbonyl (C=O) groups excluding carboxylic acids is 2. The summed E-state index contributed by atoms with van der Waals surface area (Å²) in [5.74, 6) is -1.46. The molecule has 0 bridgehead atoms. The third-order valence-corrected chi connectivity index (χ3v) is 4.34. The molecule has 2 heterocycles. The smallest absolute Gasteiger partial charge is 0.251 e. The summed E-state index contributed by atoms with van der Waals surface area (Å²) in [5.41, 5.74) is 13.9. The molecule has 4 rings (SSSR count). The molecule has 0 unspecified atom stereocenters. The Morgan fingerprint density at radius 2 is 1.04 bits per heavy atom. The number of rotatable bonds is 4. The number of aromatic amines is 2. The van der Waals surface area contributed by atoms with Gasteiger partial charge in [-0.05, 0) is 24.3 Å². The van der Waals surface area contributed by atoms with E-state index in [4.69, 9.17) is 11.5 Å². The summed E-state index contributed by atoms with van der Waals surface area (Å²) in [5, 5.41) is 1.81. The number of primary amides is 2. The molecule has 0 fully saturated rings. The van der Waals surface area contributed by atoms with E-state index in [-0.39, 0.29) is 11.1 Å². The van der Waals surface area contributed by atoms with Crippen molar-refractivity contribution in [1.29, 1.82) is 0 Å². The second-order valence-corrected chi connectivity index (χ2v) is 6.02. The fraction of sp³-hybridized carbons (Fsp3) is 0. The van der Waals surface area contributed by atoms with Gasteiger partial charge in [-0.3, -0.25) is 9.59 Å². The first-order valence-electron chi connectivity index (χ1n) is 8.04. The Hall–Kier alpha value is -3.80. The Morgan fingerprint density at radius 1 is 0.654 bits per heavy atom. The monoisotopic (exact) mass is 344 g/mol. The lowest BCUT2D eigenvalue weighted by Gasteiger charge is -2.08. The van der Waals surface area contributed by atoms with Gasteiger partial charge in [0.25, 0.3) is 11.8 Å². The number of benzene rings is 2. The lowest BCUT2D eigenvalue weighted by Crippen LogP contribution is -2.21. The zero-order valence-corrected chi connectivity index (χ0v) is 13.7. The van der Waals surface area contributed by atoms with Gasteiger partial charge in [0.05, 0.1) is 22.5 Å². The van der Waals surface area contributed by atoms with Crippen LogP contribution in [0.1, 0.15) is 11.4 Å². The number of nitrogens with one attached hydrogen (secondary N) is 2. The molecular weight excluding hydrogens is 328 g/mol. The van der Waals surface area contributed by atoms with E-state index in [0.29, 0.717) is 11.4 Å². The van der Waals surface area contributed by atoms with Crippen molar-refractivity contribution in [2.45, 2.75) is 0 Å². The zero-order chi connectivity index (χ0) is 18.3. The Bertz CT molecular complexity index is 1040. The number of carbonyl (C=O) groups is 2. The second-order valence-electron chi connectivity index (χ2n) is 6.02. The summed E-state index contributed by atoms with van der Waals surface area (Å²) in [4.78, 5) is 30.7. The third kappa shape index (κ3) is 2.53. The van der Waals surface area contributed by atoms with Crippen LogP contribution >= 0.6 is 0 Å². The van der Waals surface area contributed by atoms with Crippen LogP contribution in [0.2, 0.25) is 0 Å². The molecule has 2 amide bonds. The molecule has 0 aliphatic heterocycles. The van der Waals surface area contributed by atoms with Gasteiger partial charge in [0.1, 0.15) is 0 Å². The number of fused-ring (bicyclic) bond motifs is 2. The van der Waals surface area contributed by atoms with E-state index in [1.807, 2.05) is 48.5 Å². The van der Waals surface area contributed by atoms with Gasteiger partial charge in [0, 0.05) is 21.8 Å². The predicted octanol–water partition coefficient (Wildman–Crippen LogP) is 2.53. The minimum atomic E-state index is -0.732. The summed E-state index contributed by atoms with van der Waals surface area (Å²) in [6.45, 7) is 0. The summed E-state index contributed by atoms with van der Waals surface area (Å²) in [7, 11) is 0. The first kappa shape index (κ1) is 15.7. The highest BCUT2D eigenvalue weighted by molar-refractivity contribution is 6.39. The predicted molar refractivity (Wildman–Crippen MR) is 102 cm³/mol. The largest absolute Gasteiger partial charge is 0.366 e. The third-order valence-electron chi connectivity index (χ3n) is 4.34. The molecule has 0 saturated heterocycles. The molecule has 6 N–H and O–H groups in total. The average molecular weight is 344 g/mol. The van der Waals surface area contributed by atoms with Crippen molar-refractivity contribution in [3.63, 3.8) is 0 Å². The highest BCUT2D eigenvalue weighted by atomic mass is 16.2. The van der Waals surface area contributed by atoms with Crippen molar-refractivity contribution in [1.82, 2.24) is 9.97 Å². The molecule has 6 heteroatoms. The van der Waals surface area contributed by atoms with Crippen LogP contribution < -0.4 is 11.5 Å². The summed E-state index contributed by atoms with van der Waals surface area (Å²) in [6, 6.07) is 18.7. The topological polar surface area (TPSA) is 118 Å². The second kappa shape index (κ2) is 5.93. The van der Waals surface area contributed by atoms with Gasteiger partial charge in [0.2, 0.25) is 0 Å². The standard InChI is InChI=1S/C20H16N4O2/c21-19(25)17(15-9-11-5-1-3-7-13(11)23-15)18(20(22)26)16-10-12-6-2-4-8-14(12)24-16/h1-10,23-24H,(H2,21,25)(H2,22,26). The minimum absolute atomic E-state index is 0.0558. The number of amides is 2. The van der Waals surface area contributed by atoms with Gasteiger partial charge in [0.15, 0.2) is 0 Å². The molecule has 0 radical (unpaired) electrons. The van der Waals surface area contributed by atoms with Crippen molar-refractivity contribution in [3.05, 3.63) is 72.1 Å². The number of para-hydroxylation sites is 2. The van der Waals surface area contributed by atoms with Gasteiger partial charge in [-0.2, -0.15) is 0 Å². The Balaban J connectivity index is 2.01. The van der Waals surface area contributed by atoms with Crippen LogP contribution in [-0.2, 0) is 9.59 Å². The van der Waals surface area contributed by atoms with E-state index >= 15 is 0 Å². The fourth-order valence-electron chi connectivity index (χ4n) is 3.20. The Morgan fingerprint density at radius 3 is 1.38 bits per heavy atom. The van der Waals surface area contributed by atoms with Gasteiger partial charge < -0.3 is 21.4 Å². The van der Waals surface area contributed by atoms with Crippen molar-refractivity contribution in [2.75, 3.05) is 0 Å². The minimum Gasteiger partial charge on any atom is -0.366 e. The summed E-state index contributed by atoms with van der Waals surface area (Å²) < 4.78 is 0. The highest BCUT2D eigenvalue weighted by Crippen LogP contribution is 2.29. The number of H-pyrrole nitrogens is 2. The molecule has 26 heavy (non-hydrogen) atoms. The van der Waals surface area contributed by atoms with Crippen LogP contribution in [0.3, 0.4) is 0 Å². The number of nitrogens with two attached hydrogens (primary N) is 2. The maximum atomic E-state index is 12.2. The molecule has 2 aromatic heterocycles. The van der Waals surface area contributed by atoms with Crippen molar-refractivity contribution < 1.29 is 9.59 Å². The van der Waals surface area contributed by atoms with Crippen LogP contribution in [-0.4, -0.2) is 21.8 Å². The summed E-state index contributed by atoms with van der Waals surface area (Å²) >= 11 is 0. The first-order valence-corrected chi connectivity index (χ1v) is 8.04. The van der Waals surface area contributed by atoms with Crippen molar-refractivity contribution in [3.8, 4) is 0 Å². The molecule has 0 aliphatic rings. The average Bonchev–Trinajstić information content (AvgIpc) is 3.21. The number of hydrogen-bond donors (Lipinski definition) is 4. The first-order chi connectivity index (χ1) is 12.5. The van der Waals surface area contributed by atoms with Crippen molar-refractivity contribution >= 4 is 44.8 Å². The van der Waals surface area contributed by atoms with E-state index in [9.17, 15) is 9.59 Å². The number of hydrogen-bond acceptors (Lipinski definition) is 2. The lowest BCUT2D eigenvalue weighted by atomic mass is 10.0. The van der Waals surface area contributed by atoms with Gasteiger partial charge >= 0.3 is 0 Å². The molecule has 0 spiro atoms. The SMILES string of the molecule is NC(=O)C(=C(C(N)=O)c1cc2ccccc2[nH]1)c1cc2ccccc2[nH]1. The molecule has 0 aliphatic carbocycles. The van der Waals surface area contributed by atoms with Crippen molar-refractivity contribution in [2.24, 2.45) is 11.5 Å². The molecule has 128 valence electrons. The molecule has 0 atom stereocenters. The number of aromatic nitrogens is 2. The quantitative estimate of drug-likeness (QED) is 0.426. The van der Waals surface area contributed by atoms with Gasteiger partial charge in [-0.1, -0.05) is 36.4 Å². The van der Waals surface area contributed by atoms with Crippen LogP contribution in [0, 0.1) is 0 Å². The molecule has 0 saturated carbocycles. The van der Waals surface area contributed by atoms with E-state index < -0.39 is 11.8 Å². The fourth-order valence-corrected chi connectivity index (χ4v) is 3.20. The van der Waals surface area contributed by atoms with Crippen LogP contribution in [0.5, 0.6) is 0 Å². The Kier molecular flexibility index (Phi) is 3.58. The Labute approximate surface area is 148 Å². The van der Waals surface area contributed by atoms with Crippen LogP contribution in [0.25, 0.3) is 33.0 Å². The van der Waals surface area contributed by atoms with E-state index in [1.165, 1.54) is 0 Å². The van der Waals surface area contributed by atoms with E-state index in [0.717, 1.165) is 21.8 Å². The van der Waals surface area contributed by atoms with Gasteiger partial charge in [-0.25, -0.2) is 0 Å². The van der Waals surface area contributed by atoms with E-state index in [1.54, 1.807) is 12.1 Å². The maximum absolute atomic E-state index is 12.2. The maximum Gasteiger partial charge on any atom is 0.251 e. The molecular formula is C20H16N4O2. The summed E-state index contributed by atoms with van der Waals surface area (Å²) in [6.07, 6.45) is 0. The van der Waals surface area contributed by atoms with Gasteiger partial charge in [-0.15, -0.1) is 0 Å². The zero-order valence-electron chi connectivity index (χ0n) is 13.7. The molecule has 4 aromatic rings. The normalized spacial score (nSPS) is 12.3.